The third-order valence-corrected chi connectivity index (χ3v) is 5.52. The van der Waals surface area contributed by atoms with Crippen molar-refractivity contribution in [2.24, 2.45) is 12.8 Å². The van der Waals surface area contributed by atoms with Crippen LogP contribution in [0.25, 0.3) is 0 Å². The van der Waals surface area contributed by atoms with E-state index in [9.17, 15) is 9.59 Å². The Morgan fingerprint density at radius 2 is 1.88 bits per heavy atom. The molecule has 144 valence electrons. The molecule has 8 nitrogen and oxygen atoms in total. The van der Waals surface area contributed by atoms with Gasteiger partial charge >= 0.3 is 0 Å². The van der Waals surface area contributed by atoms with E-state index < -0.39 is 0 Å². The molecule has 2 aliphatic heterocycles. The summed E-state index contributed by atoms with van der Waals surface area (Å²) in [7, 11) is 2.04. The van der Waals surface area contributed by atoms with E-state index in [0.717, 1.165) is 50.7 Å². The van der Waals surface area contributed by atoms with Crippen molar-refractivity contribution in [3.8, 4) is 0 Å². The second kappa shape index (κ2) is 8.62. The van der Waals surface area contributed by atoms with Crippen molar-refractivity contribution in [3.63, 3.8) is 0 Å². The monoisotopic (exact) mass is 362 g/mol. The lowest BCUT2D eigenvalue weighted by Crippen LogP contribution is -2.39. The standard InChI is InChI=1S/C18H30N6O2/c1-22-16(13-23-9-2-3-10-23)20-21-18(22)14-6-5-11-24(12-14)17(26)8-4-7-15(19)25/h14H,2-13H2,1H3,(H2,19,25)/t14-/m1/s1. The predicted octanol–water partition coefficient (Wildman–Crippen LogP) is 0.773. The molecule has 2 N–H and O–H groups in total. The first-order valence-electron chi connectivity index (χ1n) is 9.71. The first-order valence-corrected chi connectivity index (χ1v) is 9.71. The molecule has 3 rings (SSSR count). The Hall–Kier alpha value is -1.96. The van der Waals surface area contributed by atoms with Crippen LogP contribution in [0.2, 0.25) is 0 Å². The fourth-order valence-electron chi connectivity index (χ4n) is 4.00. The van der Waals surface area contributed by atoms with Gasteiger partial charge in [0, 0.05) is 38.9 Å². The van der Waals surface area contributed by atoms with E-state index in [1.807, 2.05) is 11.9 Å². The molecule has 0 spiro atoms. The summed E-state index contributed by atoms with van der Waals surface area (Å²) in [6.45, 7) is 4.60. The molecule has 0 unspecified atom stereocenters. The molecule has 1 aromatic heterocycles. The normalized spacial score (nSPS) is 21.3. The summed E-state index contributed by atoms with van der Waals surface area (Å²) in [6, 6.07) is 0. The summed E-state index contributed by atoms with van der Waals surface area (Å²) in [6.07, 6.45) is 5.71. The smallest absolute Gasteiger partial charge is 0.222 e. The number of hydrogen-bond acceptors (Lipinski definition) is 5. The van der Waals surface area contributed by atoms with Crippen LogP contribution in [0, 0.1) is 0 Å². The number of primary amides is 1. The van der Waals surface area contributed by atoms with Gasteiger partial charge in [-0.15, -0.1) is 10.2 Å². The minimum Gasteiger partial charge on any atom is -0.370 e. The van der Waals surface area contributed by atoms with Crippen LogP contribution in [0.15, 0.2) is 0 Å². The van der Waals surface area contributed by atoms with Gasteiger partial charge in [-0.2, -0.15) is 0 Å². The Morgan fingerprint density at radius 3 is 2.62 bits per heavy atom. The molecule has 3 heterocycles. The molecular weight excluding hydrogens is 332 g/mol. The number of nitrogens with zero attached hydrogens (tertiary/aromatic N) is 5. The summed E-state index contributed by atoms with van der Waals surface area (Å²) < 4.78 is 2.12. The summed E-state index contributed by atoms with van der Waals surface area (Å²) >= 11 is 0. The highest BCUT2D eigenvalue weighted by molar-refractivity contribution is 5.78. The summed E-state index contributed by atoms with van der Waals surface area (Å²) in [5.41, 5.74) is 5.15. The lowest BCUT2D eigenvalue weighted by atomic mass is 9.96. The Balaban J connectivity index is 1.57. The number of hydrogen-bond donors (Lipinski definition) is 1. The minimum atomic E-state index is -0.348. The van der Waals surface area contributed by atoms with Crippen LogP contribution < -0.4 is 5.73 Å². The summed E-state index contributed by atoms with van der Waals surface area (Å²) in [4.78, 5) is 27.6. The fraction of sp³-hybridized carbons (Fsp3) is 0.778. The van der Waals surface area contributed by atoms with E-state index in [2.05, 4.69) is 19.7 Å². The summed E-state index contributed by atoms with van der Waals surface area (Å²) in [5, 5.41) is 8.86. The number of carbonyl (C=O) groups is 2. The van der Waals surface area contributed by atoms with Crippen LogP contribution in [-0.2, 0) is 23.2 Å². The van der Waals surface area contributed by atoms with Gasteiger partial charge in [0.05, 0.1) is 6.54 Å². The van der Waals surface area contributed by atoms with Crippen LogP contribution in [-0.4, -0.2) is 62.6 Å². The lowest BCUT2D eigenvalue weighted by Gasteiger charge is -2.32. The average Bonchev–Trinajstić information content (AvgIpc) is 3.26. The van der Waals surface area contributed by atoms with Crippen LogP contribution in [0.5, 0.6) is 0 Å². The van der Waals surface area contributed by atoms with Crippen molar-refractivity contribution in [2.45, 2.75) is 57.4 Å². The van der Waals surface area contributed by atoms with Gasteiger partial charge in [-0.05, 0) is 45.2 Å². The number of carbonyl (C=O) groups excluding carboxylic acids is 2. The molecule has 2 aliphatic rings. The first-order chi connectivity index (χ1) is 12.5. The maximum atomic E-state index is 12.4. The lowest BCUT2D eigenvalue weighted by molar-refractivity contribution is -0.132. The topological polar surface area (TPSA) is 97.3 Å². The van der Waals surface area contributed by atoms with Crippen LogP contribution in [0.1, 0.15) is 62.5 Å². The van der Waals surface area contributed by atoms with Crippen molar-refractivity contribution < 1.29 is 9.59 Å². The van der Waals surface area contributed by atoms with Gasteiger partial charge in [-0.25, -0.2) is 0 Å². The van der Waals surface area contributed by atoms with Crippen molar-refractivity contribution in [2.75, 3.05) is 26.2 Å². The number of piperidine rings is 1. The Kier molecular flexibility index (Phi) is 6.24. The maximum absolute atomic E-state index is 12.4. The molecule has 8 heteroatoms. The molecule has 2 fully saturated rings. The largest absolute Gasteiger partial charge is 0.370 e. The third kappa shape index (κ3) is 4.60. The van der Waals surface area contributed by atoms with Gasteiger partial charge in [0.1, 0.15) is 11.6 Å². The van der Waals surface area contributed by atoms with Gasteiger partial charge in [0.15, 0.2) is 0 Å². The first kappa shape index (κ1) is 18.8. The van der Waals surface area contributed by atoms with Gasteiger partial charge in [0.2, 0.25) is 11.8 Å². The fourth-order valence-corrected chi connectivity index (χ4v) is 4.00. The summed E-state index contributed by atoms with van der Waals surface area (Å²) in [5.74, 6) is 1.98. The second-order valence-electron chi connectivity index (χ2n) is 7.52. The average molecular weight is 362 g/mol. The molecule has 26 heavy (non-hydrogen) atoms. The molecule has 0 bridgehead atoms. The van der Waals surface area contributed by atoms with E-state index >= 15 is 0 Å². The molecule has 0 saturated carbocycles. The van der Waals surface area contributed by atoms with E-state index in [0.29, 0.717) is 19.4 Å². The molecule has 2 amide bonds. The van der Waals surface area contributed by atoms with Gasteiger partial charge in [0.25, 0.3) is 0 Å². The van der Waals surface area contributed by atoms with Gasteiger partial charge in [-0.3, -0.25) is 14.5 Å². The Morgan fingerprint density at radius 1 is 1.12 bits per heavy atom. The minimum absolute atomic E-state index is 0.107. The highest BCUT2D eigenvalue weighted by Crippen LogP contribution is 2.26. The molecular formula is C18H30N6O2. The highest BCUT2D eigenvalue weighted by atomic mass is 16.2. The van der Waals surface area contributed by atoms with Crippen LogP contribution >= 0.6 is 0 Å². The molecule has 2 saturated heterocycles. The quantitative estimate of drug-likeness (QED) is 0.773. The van der Waals surface area contributed by atoms with E-state index in [-0.39, 0.29) is 24.2 Å². The van der Waals surface area contributed by atoms with Crippen molar-refractivity contribution in [3.05, 3.63) is 11.6 Å². The van der Waals surface area contributed by atoms with Gasteiger partial charge in [-0.1, -0.05) is 0 Å². The Bertz CT molecular complexity index is 638. The van der Waals surface area contributed by atoms with E-state index in [1.165, 1.54) is 12.8 Å². The molecule has 1 atom stereocenters. The van der Waals surface area contributed by atoms with E-state index in [1.54, 1.807) is 0 Å². The van der Waals surface area contributed by atoms with Crippen molar-refractivity contribution >= 4 is 11.8 Å². The zero-order chi connectivity index (χ0) is 18.5. The maximum Gasteiger partial charge on any atom is 0.222 e. The van der Waals surface area contributed by atoms with E-state index in [4.69, 9.17) is 5.73 Å². The SMILES string of the molecule is Cn1c(CN2CCCC2)nnc1[C@@H]1CCCN(C(=O)CCCC(N)=O)C1. The molecule has 0 radical (unpaired) electrons. The number of amides is 2. The van der Waals surface area contributed by atoms with Crippen LogP contribution in [0.4, 0.5) is 0 Å². The molecule has 0 aromatic carbocycles. The Labute approximate surface area is 154 Å². The third-order valence-electron chi connectivity index (χ3n) is 5.52. The number of aromatic nitrogens is 3. The number of likely N-dealkylation sites (tertiary alicyclic amines) is 2. The number of rotatable bonds is 7. The number of nitrogens with two attached hydrogens (primary N) is 1. The van der Waals surface area contributed by atoms with Crippen molar-refractivity contribution in [1.82, 2.24) is 24.6 Å². The van der Waals surface area contributed by atoms with Crippen molar-refractivity contribution in [1.29, 1.82) is 0 Å². The zero-order valence-corrected chi connectivity index (χ0v) is 15.7. The second-order valence-corrected chi connectivity index (χ2v) is 7.52. The predicted molar refractivity (Wildman–Crippen MR) is 97.1 cm³/mol. The molecule has 0 aliphatic carbocycles. The highest BCUT2D eigenvalue weighted by Gasteiger charge is 2.28. The van der Waals surface area contributed by atoms with Gasteiger partial charge < -0.3 is 15.2 Å². The van der Waals surface area contributed by atoms with Crippen LogP contribution in [0.3, 0.4) is 0 Å². The zero-order valence-electron chi connectivity index (χ0n) is 15.7. The molecule has 1 aromatic rings.